The van der Waals surface area contributed by atoms with Crippen LogP contribution in [-0.4, -0.2) is 17.7 Å². The van der Waals surface area contributed by atoms with E-state index in [4.69, 9.17) is 0 Å². The van der Waals surface area contributed by atoms with E-state index in [-0.39, 0.29) is 22.5 Å². The summed E-state index contributed by atoms with van der Waals surface area (Å²) in [5, 5.41) is 2.74. The molecular weight excluding hydrogens is 214 g/mol. The molecule has 0 spiro atoms. The van der Waals surface area contributed by atoms with E-state index >= 15 is 0 Å². The summed E-state index contributed by atoms with van der Waals surface area (Å²) < 4.78 is 0. The summed E-state index contributed by atoms with van der Waals surface area (Å²) in [6.07, 6.45) is 0. The zero-order chi connectivity index (χ0) is 13.6. The molecule has 96 valence electrons. The average Bonchev–Trinajstić information content (AvgIpc) is 2.06. The maximum atomic E-state index is 12.3. The molecule has 17 heavy (non-hydrogen) atoms. The van der Waals surface area contributed by atoms with Gasteiger partial charge in [-0.05, 0) is 17.8 Å². The zero-order valence-corrected chi connectivity index (χ0v) is 11.9. The third-order valence-corrected chi connectivity index (χ3v) is 2.96. The first-order chi connectivity index (χ1) is 7.46. The quantitative estimate of drug-likeness (QED) is 0.703. The molecule has 3 heteroatoms. The molecular formula is C14H23NO2. The van der Waals surface area contributed by atoms with Crippen molar-refractivity contribution < 1.29 is 9.59 Å². The fourth-order valence-electron chi connectivity index (χ4n) is 2.25. The molecule has 0 bridgehead atoms. The van der Waals surface area contributed by atoms with Crippen LogP contribution in [0.15, 0.2) is 11.1 Å². The molecule has 0 saturated heterocycles. The highest BCUT2D eigenvalue weighted by atomic mass is 16.2. The fraction of sp³-hybridized carbons (Fsp3) is 0.714. The number of hydrogen-bond donors (Lipinski definition) is 1. The topological polar surface area (TPSA) is 46.2 Å². The van der Waals surface area contributed by atoms with Crippen LogP contribution in [0.25, 0.3) is 0 Å². The van der Waals surface area contributed by atoms with Crippen LogP contribution in [0.2, 0.25) is 0 Å². The van der Waals surface area contributed by atoms with Gasteiger partial charge in [0.1, 0.15) is 0 Å². The summed E-state index contributed by atoms with van der Waals surface area (Å²) >= 11 is 0. The maximum absolute atomic E-state index is 12.3. The van der Waals surface area contributed by atoms with Crippen molar-refractivity contribution in [2.45, 2.75) is 54.5 Å². The van der Waals surface area contributed by atoms with Crippen molar-refractivity contribution >= 4 is 11.7 Å². The molecule has 0 aromatic heterocycles. The summed E-state index contributed by atoms with van der Waals surface area (Å²) in [5.41, 5.74) is 0.697. The smallest absolute Gasteiger partial charge is 0.248 e. The van der Waals surface area contributed by atoms with E-state index in [0.717, 1.165) is 0 Å². The third kappa shape index (κ3) is 2.59. The average molecular weight is 237 g/mol. The Labute approximate surface area is 104 Å². The Morgan fingerprint density at radius 3 is 1.65 bits per heavy atom. The second-order valence-electron chi connectivity index (χ2n) is 6.81. The molecule has 0 aromatic carbocycles. The number of nitrogens with one attached hydrogen (secondary N) is 1. The Morgan fingerprint density at radius 2 is 1.29 bits per heavy atom. The van der Waals surface area contributed by atoms with E-state index in [0.29, 0.717) is 11.1 Å². The van der Waals surface area contributed by atoms with Crippen LogP contribution in [0.3, 0.4) is 0 Å². The van der Waals surface area contributed by atoms with Gasteiger partial charge in [0.05, 0.1) is 6.04 Å². The molecule has 0 radical (unpaired) electrons. The molecule has 0 fully saturated rings. The van der Waals surface area contributed by atoms with E-state index in [1.807, 2.05) is 41.5 Å². The second kappa shape index (κ2) is 3.97. The van der Waals surface area contributed by atoms with E-state index in [1.54, 1.807) is 6.92 Å². The molecule has 0 saturated carbocycles. The lowest BCUT2D eigenvalue weighted by molar-refractivity contribution is -0.127. The lowest BCUT2D eigenvalue weighted by atomic mass is 9.70. The Kier molecular flexibility index (Phi) is 3.25. The highest BCUT2D eigenvalue weighted by molar-refractivity contribution is 6.14. The second-order valence-corrected chi connectivity index (χ2v) is 6.81. The van der Waals surface area contributed by atoms with Gasteiger partial charge in [0.15, 0.2) is 5.78 Å². The van der Waals surface area contributed by atoms with E-state index < -0.39 is 6.04 Å². The largest absolute Gasteiger partial charge is 0.342 e. The number of carbonyl (C=O) groups is 2. The van der Waals surface area contributed by atoms with Crippen molar-refractivity contribution in [3.05, 3.63) is 11.1 Å². The first kappa shape index (κ1) is 13.9. The number of carbonyl (C=O) groups excluding carboxylic acids is 2. The zero-order valence-electron chi connectivity index (χ0n) is 11.9. The highest BCUT2D eigenvalue weighted by Crippen LogP contribution is 2.39. The predicted molar refractivity (Wildman–Crippen MR) is 68.5 cm³/mol. The minimum absolute atomic E-state index is 0.0435. The Bertz CT molecular complexity index is 391. The number of rotatable bonds is 0. The summed E-state index contributed by atoms with van der Waals surface area (Å²) in [6, 6.07) is -0.414. The van der Waals surface area contributed by atoms with Crippen LogP contribution in [0.1, 0.15) is 48.5 Å². The van der Waals surface area contributed by atoms with Gasteiger partial charge in [0.25, 0.3) is 0 Å². The lowest BCUT2D eigenvalue weighted by Crippen LogP contribution is -2.50. The van der Waals surface area contributed by atoms with E-state index in [1.165, 1.54) is 0 Å². The molecule has 1 rings (SSSR count). The van der Waals surface area contributed by atoms with Gasteiger partial charge in [0.2, 0.25) is 5.91 Å². The van der Waals surface area contributed by atoms with Crippen molar-refractivity contribution in [1.82, 2.24) is 5.32 Å². The first-order valence-corrected chi connectivity index (χ1v) is 6.06. The van der Waals surface area contributed by atoms with Gasteiger partial charge < -0.3 is 5.32 Å². The molecule has 1 heterocycles. The van der Waals surface area contributed by atoms with E-state index in [9.17, 15) is 9.59 Å². The number of Topliss-reactive ketones (excluding diaryl/α,β-unsaturated/α-hetero) is 1. The third-order valence-electron chi connectivity index (χ3n) is 2.96. The fourth-order valence-corrected chi connectivity index (χ4v) is 2.25. The van der Waals surface area contributed by atoms with Crippen LogP contribution in [0.4, 0.5) is 0 Å². The van der Waals surface area contributed by atoms with Gasteiger partial charge in [-0.1, -0.05) is 41.5 Å². The van der Waals surface area contributed by atoms with Gasteiger partial charge in [-0.2, -0.15) is 0 Å². The SMILES string of the molecule is CC1NC(=O)C(C(C)(C)C)=C(C(C)(C)C)C1=O. The molecule has 1 atom stereocenters. The van der Waals surface area contributed by atoms with Crippen molar-refractivity contribution in [1.29, 1.82) is 0 Å². The van der Waals surface area contributed by atoms with Crippen LogP contribution in [0, 0.1) is 10.8 Å². The minimum Gasteiger partial charge on any atom is -0.342 e. The van der Waals surface area contributed by atoms with Gasteiger partial charge in [-0.15, -0.1) is 0 Å². The molecule has 0 aliphatic carbocycles. The van der Waals surface area contributed by atoms with Crippen LogP contribution in [0.5, 0.6) is 0 Å². The molecule has 1 aliphatic heterocycles. The molecule has 1 N–H and O–H groups in total. The van der Waals surface area contributed by atoms with Gasteiger partial charge >= 0.3 is 0 Å². The summed E-state index contributed by atoms with van der Waals surface area (Å²) in [4.78, 5) is 24.4. The highest BCUT2D eigenvalue weighted by Gasteiger charge is 2.41. The van der Waals surface area contributed by atoms with Gasteiger partial charge in [-0.25, -0.2) is 0 Å². The maximum Gasteiger partial charge on any atom is 0.248 e. The molecule has 0 aromatic rings. The molecule has 1 unspecified atom stereocenters. The molecule has 1 amide bonds. The number of hydrogen-bond acceptors (Lipinski definition) is 2. The van der Waals surface area contributed by atoms with Crippen molar-refractivity contribution in [3.8, 4) is 0 Å². The number of amides is 1. The van der Waals surface area contributed by atoms with Crippen molar-refractivity contribution in [3.63, 3.8) is 0 Å². The van der Waals surface area contributed by atoms with Gasteiger partial charge in [0, 0.05) is 11.1 Å². The monoisotopic (exact) mass is 237 g/mol. The summed E-state index contributed by atoms with van der Waals surface area (Å²) in [6.45, 7) is 13.6. The Hall–Kier alpha value is -1.12. The summed E-state index contributed by atoms with van der Waals surface area (Å²) in [7, 11) is 0. The van der Waals surface area contributed by atoms with E-state index in [2.05, 4.69) is 5.32 Å². The predicted octanol–water partition coefficient (Wildman–Crippen LogP) is 2.46. The standard InChI is InChI=1S/C14H23NO2/c1-8-11(16)9(13(2,3)4)10(12(17)15-8)14(5,6)7/h8H,1-7H3,(H,15,17). The van der Waals surface area contributed by atoms with Crippen LogP contribution < -0.4 is 5.32 Å². The Morgan fingerprint density at radius 1 is 0.882 bits per heavy atom. The van der Waals surface area contributed by atoms with Crippen LogP contribution >= 0.6 is 0 Å². The molecule has 1 aliphatic rings. The summed E-state index contributed by atoms with van der Waals surface area (Å²) in [5.74, 6) is -0.0587. The van der Waals surface area contributed by atoms with Crippen molar-refractivity contribution in [2.75, 3.05) is 0 Å². The minimum atomic E-state index is -0.414. The molecule has 3 nitrogen and oxygen atoms in total. The first-order valence-electron chi connectivity index (χ1n) is 6.06. The van der Waals surface area contributed by atoms with Crippen molar-refractivity contribution in [2.24, 2.45) is 10.8 Å². The Balaban J connectivity index is 3.54. The van der Waals surface area contributed by atoms with Gasteiger partial charge in [-0.3, -0.25) is 9.59 Å². The van der Waals surface area contributed by atoms with Crippen LogP contribution in [-0.2, 0) is 9.59 Å². The number of ketones is 1. The normalized spacial score (nSPS) is 22.9. The lowest BCUT2D eigenvalue weighted by Gasteiger charge is -2.36.